The minimum absolute atomic E-state index is 0.257. The van der Waals surface area contributed by atoms with Crippen molar-refractivity contribution in [2.45, 2.75) is 19.4 Å². The van der Waals surface area contributed by atoms with Crippen LogP contribution in [0.4, 0.5) is 4.39 Å². The fourth-order valence-corrected chi connectivity index (χ4v) is 1.73. The van der Waals surface area contributed by atoms with E-state index in [0.29, 0.717) is 11.3 Å². The number of aromatic nitrogens is 1. The molecule has 17 heavy (non-hydrogen) atoms. The molecule has 2 rings (SSSR count). The van der Waals surface area contributed by atoms with Crippen LogP contribution in [-0.2, 0) is 0 Å². The van der Waals surface area contributed by atoms with Gasteiger partial charge in [-0.15, -0.1) is 0 Å². The van der Waals surface area contributed by atoms with E-state index in [4.69, 9.17) is 4.42 Å². The lowest BCUT2D eigenvalue weighted by atomic mass is 10.1. The summed E-state index contributed by atoms with van der Waals surface area (Å²) in [5.74, 6) is 0.390. The maximum absolute atomic E-state index is 13.7. The largest absolute Gasteiger partial charge is 0.467 e. The van der Waals surface area contributed by atoms with Crippen molar-refractivity contribution in [3.05, 3.63) is 54.0 Å². The van der Waals surface area contributed by atoms with Crippen LogP contribution in [0.2, 0.25) is 0 Å². The predicted octanol–water partition coefficient (Wildman–Crippen LogP) is 2.90. The second-order valence-corrected chi connectivity index (χ2v) is 3.80. The Morgan fingerprint density at radius 3 is 3.00 bits per heavy atom. The van der Waals surface area contributed by atoms with E-state index < -0.39 is 0 Å². The molecule has 0 radical (unpaired) electrons. The number of nitrogens with zero attached hydrogens (tertiary/aromatic N) is 1. The molecule has 1 atom stereocenters. The van der Waals surface area contributed by atoms with Crippen LogP contribution in [-0.4, -0.2) is 11.5 Å². The van der Waals surface area contributed by atoms with Crippen LogP contribution in [0.15, 0.2) is 41.3 Å². The summed E-state index contributed by atoms with van der Waals surface area (Å²) < 4.78 is 19.1. The van der Waals surface area contributed by atoms with E-state index in [9.17, 15) is 4.39 Å². The molecule has 1 unspecified atom stereocenters. The first kappa shape index (κ1) is 11.8. The smallest absolute Gasteiger partial charge is 0.146 e. The lowest BCUT2D eigenvalue weighted by Gasteiger charge is -2.16. The van der Waals surface area contributed by atoms with Crippen molar-refractivity contribution in [1.82, 2.24) is 10.3 Å². The van der Waals surface area contributed by atoms with Crippen molar-refractivity contribution >= 4 is 0 Å². The standard InChI is InChI=1S/C13H15FN2O/c1-2-6-16-13(12-4-3-8-17-12)10-5-7-15-9-11(10)14/h3-5,7-9,13,16H,2,6H2,1H3. The lowest BCUT2D eigenvalue weighted by molar-refractivity contribution is 0.435. The Labute approximate surface area is 99.7 Å². The minimum atomic E-state index is -0.322. The van der Waals surface area contributed by atoms with Gasteiger partial charge >= 0.3 is 0 Å². The third-order valence-electron chi connectivity index (χ3n) is 2.54. The third-order valence-corrected chi connectivity index (χ3v) is 2.54. The average Bonchev–Trinajstić information content (AvgIpc) is 2.85. The van der Waals surface area contributed by atoms with Crippen molar-refractivity contribution in [3.8, 4) is 0 Å². The molecule has 1 N–H and O–H groups in total. The SMILES string of the molecule is CCCNC(c1ccco1)c1ccncc1F. The molecule has 0 amide bonds. The topological polar surface area (TPSA) is 38.1 Å². The van der Waals surface area contributed by atoms with Crippen LogP contribution in [0.25, 0.3) is 0 Å². The number of nitrogens with one attached hydrogen (secondary N) is 1. The highest BCUT2D eigenvalue weighted by Gasteiger charge is 2.19. The Bertz CT molecular complexity index is 456. The molecule has 4 heteroatoms. The number of pyridine rings is 1. The summed E-state index contributed by atoms with van der Waals surface area (Å²) in [5.41, 5.74) is 0.559. The van der Waals surface area contributed by atoms with Crippen molar-refractivity contribution in [1.29, 1.82) is 0 Å². The Balaban J connectivity index is 2.30. The van der Waals surface area contributed by atoms with Gasteiger partial charge in [-0.1, -0.05) is 6.92 Å². The van der Waals surface area contributed by atoms with Gasteiger partial charge in [-0.3, -0.25) is 4.98 Å². The third kappa shape index (κ3) is 2.71. The fraction of sp³-hybridized carbons (Fsp3) is 0.308. The summed E-state index contributed by atoms with van der Waals surface area (Å²) in [6.45, 7) is 2.86. The van der Waals surface area contributed by atoms with E-state index in [0.717, 1.165) is 13.0 Å². The van der Waals surface area contributed by atoms with Crippen molar-refractivity contribution in [2.24, 2.45) is 0 Å². The van der Waals surface area contributed by atoms with E-state index >= 15 is 0 Å². The first-order valence-corrected chi connectivity index (χ1v) is 5.69. The van der Waals surface area contributed by atoms with Crippen LogP contribution < -0.4 is 5.32 Å². The number of rotatable bonds is 5. The number of furan rings is 1. The average molecular weight is 234 g/mol. The van der Waals surface area contributed by atoms with E-state index in [1.54, 1.807) is 24.6 Å². The predicted molar refractivity (Wildman–Crippen MR) is 63.0 cm³/mol. The molecule has 0 aromatic carbocycles. The molecule has 0 aliphatic heterocycles. The van der Waals surface area contributed by atoms with Gasteiger partial charge in [-0.2, -0.15) is 0 Å². The molecule has 0 fully saturated rings. The van der Waals surface area contributed by atoms with Gasteiger partial charge in [0.1, 0.15) is 11.6 Å². The molecule has 0 aliphatic carbocycles. The van der Waals surface area contributed by atoms with Gasteiger partial charge in [-0.05, 0) is 31.2 Å². The zero-order valence-electron chi connectivity index (χ0n) is 9.69. The second kappa shape index (κ2) is 5.59. The van der Waals surface area contributed by atoms with Crippen LogP contribution in [0.5, 0.6) is 0 Å². The van der Waals surface area contributed by atoms with Gasteiger partial charge in [0, 0.05) is 11.8 Å². The lowest BCUT2D eigenvalue weighted by Crippen LogP contribution is -2.23. The van der Waals surface area contributed by atoms with Gasteiger partial charge in [0.25, 0.3) is 0 Å². The van der Waals surface area contributed by atoms with Gasteiger partial charge < -0.3 is 9.73 Å². The minimum Gasteiger partial charge on any atom is -0.467 e. The Morgan fingerprint density at radius 2 is 2.35 bits per heavy atom. The molecule has 0 bridgehead atoms. The van der Waals surface area contributed by atoms with Gasteiger partial charge in [0.2, 0.25) is 0 Å². The van der Waals surface area contributed by atoms with E-state index in [-0.39, 0.29) is 11.9 Å². The summed E-state index contributed by atoms with van der Waals surface area (Å²) in [6, 6.07) is 5.06. The van der Waals surface area contributed by atoms with E-state index in [2.05, 4.69) is 17.2 Å². The van der Waals surface area contributed by atoms with E-state index in [1.165, 1.54) is 6.20 Å². The van der Waals surface area contributed by atoms with Crippen molar-refractivity contribution in [3.63, 3.8) is 0 Å². The Morgan fingerprint density at radius 1 is 1.47 bits per heavy atom. The van der Waals surface area contributed by atoms with Gasteiger partial charge in [-0.25, -0.2) is 4.39 Å². The van der Waals surface area contributed by atoms with Crippen LogP contribution >= 0.6 is 0 Å². The maximum atomic E-state index is 13.7. The first-order chi connectivity index (χ1) is 8.33. The van der Waals surface area contributed by atoms with Crippen LogP contribution in [0.3, 0.4) is 0 Å². The molecular formula is C13H15FN2O. The second-order valence-electron chi connectivity index (χ2n) is 3.80. The van der Waals surface area contributed by atoms with Gasteiger partial charge in [0.15, 0.2) is 0 Å². The first-order valence-electron chi connectivity index (χ1n) is 5.69. The molecular weight excluding hydrogens is 219 g/mol. The molecule has 3 nitrogen and oxygen atoms in total. The number of hydrogen-bond donors (Lipinski definition) is 1. The molecule has 0 aliphatic rings. The highest BCUT2D eigenvalue weighted by Crippen LogP contribution is 2.24. The summed E-state index contributed by atoms with van der Waals surface area (Å²) in [5, 5.41) is 3.27. The van der Waals surface area contributed by atoms with Gasteiger partial charge in [0.05, 0.1) is 18.5 Å². The Kier molecular flexibility index (Phi) is 3.88. The highest BCUT2D eigenvalue weighted by atomic mass is 19.1. The number of hydrogen-bond acceptors (Lipinski definition) is 3. The molecule has 0 saturated carbocycles. The summed E-state index contributed by atoms with van der Waals surface area (Å²) in [7, 11) is 0. The number of halogens is 1. The molecule has 2 heterocycles. The fourth-order valence-electron chi connectivity index (χ4n) is 1.73. The highest BCUT2D eigenvalue weighted by molar-refractivity contribution is 5.25. The van der Waals surface area contributed by atoms with E-state index in [1.807, 2.05) is 6.07 Å². The normalized spacial score (nSPS) is 12.6. The zero-order valence-corrected chi connectivity index (χ0v) is 9.69. The van der Waals surface area contributed by atoms with Crippen LogP contribution in [0, 0.1) is 5.82 Å². The maximum Gasteiger partial charge on any atom is 0.146 e. The Hall–Kier alpha value is -1.68. The molecule has 90 valence electrons. The summed E-state index contributed by atoms with van der Waals surface area (Å²) in [4.78, 5) is 3.76. The molecule has 0 spiro atoms. The monoisotopic (exact) mass is 234 g/mol. The quantitative estimate of drug-likeness (QED) is 0.864. The molecule has 2 aromatic heterocycles. The zero-order chi connectivity index (χ0) is 12.1. The molecule has 0 saturated heterocycles. The molecule has 2 aromatic rings. The summed E-state index contributed by atoms with van der Waals surface area (Å²) in [6.07, 6.45) is 5.37. The van der Waals surface area contributed by atoms with Crippen molar-refractivity contribution < 1.29 is 8.81 Å². The summed E-state index contributed by atoms with van der Waals surface area (Å²) >= 11 is 0. The van der Waals surface area contributed by atoms with Crippen molar-refractivity contribution in [2.75, 3.05) is 6.54 Å². The van der Waals surface area contributed by atoms with Crippen LogP contribution in [0.1, 0.15) is 30.7 Å².